The summed E-state index contributed by atoms with van der Waals surface area (Å²) in [6, 6.07) is 28.4. The summed E-state index contributed by atoms with van der Waals surface area (Å²) in [4.78, 5) is 24.7. The molecule has 5 rings (SSSR count). The topological polar surface area (TPSA) is 95.1 Å². The monoisotopic (exact) mass is 565 g/mol. The number of alkyl carbamates (subject to hydrolysis) is 1. The summed E-state index contributed by atoms with van der Waals surface area (Å²) in [5.74, 6) is 1.37. The van der Waals surface area contributed by atoms with Gasteiger partial charge in [-0.15, -0.1) is 0 Å². The number of ether oxygens (including phenoxy) is 4. The van der Waals surface area contributed by atoms with Gasteiger partial charge in [0.15, 0.2) is 6.23 Å². The largest absolute Gasteiger partial charge is 0.497 e. The van der Waals surface area contributed by atoms with E-state index in [0.717, 1.165) is 27.8 Å². The van der Waals surface area contributed by atoms with Crippen LogP contribution in [0.25, 0.3) is 11.1 Å². The van der Waals surface area contributed by atoms with Crippen LogP contribution in [0.2, 0.25) is 0 Å². The van der Waals surface area contributed by atoms with E-state index in [4.69, 9.17) is 18.9 Å². The second kappa shape index (κ2) is 12.7. The van der Waals surface area contributed by atoms with Crippen LogP contribution < -0.4 is 24.8 Å². The fourth-order valence-electron chi connectivity index (χ4n) is 5.31. The number of nitrogens with one attached hydrogen (secondary N) is 2. The number of methoxy groups -OCH3 is 2. The molecule has 0 heterocycles. The maximum Gasteiger partial charge on any atom is 0.407 e. The zero-order valence-electron chi connectivity index (χ0n) is 23.8. The Morgan fingerprint density at radius 2 is 1.43 bits per heavy atom. The molecule has 1 aliphatic rings. The molecule has 0 saturated heterocycles. The van der Waals surface area contributed by atoms with Gasteiger partial charge in [-0.2, -0.15) is 0 Å². The van der Waals surface area contributed by atoms with Gasteiger partial charge in [-0.3, -0.25) is 4.79 Å². The van der Waals surface area contributed by atoms with E-state index in [0.29, 0.717) is 22.8 Å². The van der Waals surface area contributed by atoms with Gasteiger partial charge >= 0.3 is 6.09 Å². The van der Waals surface area contributed by atoms with E-state index in [1.807, 2.05) is 48.5 Å². The van der Waals surface area contributed by atoms with Crippen molar-refractivity contribution in [2.75, 3.05) is 20.8 Å². The van der Waals surface area contributed by atoms with Crippen LogP contribution in [0.15, 0.2) is 91.0 Å². The van der Waals surface area contributed by atoms with Gasteiger partial charge in [0, 0.05) is 31.4 Å². The molecule has 0 aromatic heterocycles. The summed E-state index contributed by atoms with van der Waals surface area (Å²) in [5.41, 5.74) is 6.08. The summed E-state index contributed by atoms with van der Waals surface area (Å²) in [5, 5.41) is 5.61. The van der Waals surface area contributed by atoms with Gasteiger partial charge in [-0.25, -0.2) is 4.79 Å². The number of rotatable bonds is 10. The predicted molar refractivity (Wildman–Crippen MR) is 160 cm³/mol. The third-order valence-corrected chi connectivity index (χ3v) is 7.21. The van der Waals surface area contributed by atoms with Crippen LogP contribution in [-0.2, 0) is 9.53 Å². The van der Waals surface area contributed by atoms with Crippen molar-refractivity contribution in [3.63, 3.8) is 0 Å². The SMILES string of the molecule is [CH2]C(NC(C)=O)Oc1ccc(C(NC(=O)OCC2c3ccccc3-c3ccccc32)c2ccc(OC)cc2OC)cc1. The van der Waals surface area contributed by atoms with Gasteiger partial charge in [0.25, 0.3) is 0 Å². The quantitative estimate of drug-likeness (QED) is 0.229. The number of amides is 2. The van der Waals surface area contributed by atoms with E-state index >= 15 is 0 Å². The van der Waals surface area contributed by atoms with Crippen molar-refractivity contribution < 1.29 is 28.5 Å². The first-order valence-corrected chi connectivity index (χ1v) is 13.6. The van der Waals surface area contributed by atoms with Crippen LogP contribution in [-0.4, -0.2) is 39.1 Å². The molecule has 0 fully saturated rings. The Labute approximate surface area is 245 Å². The lowest BCUT2D eigenvalue weighted by atomic mass is 9.97. The smallest absolute Gasteiger partial charge is 0.407 e. The molecule has 2 unspecified atom stereocenters. The summed E-state index contributed by atoms with van der Waals surface area (Å²) in [6.45, 7) is 5.37. The Kier molecular flexibility index (Phi) is 8.62. The summed E-state index contributed by atoms with van der Waals surface area (Å²) in [6.07, 6.45) is -1.31. The Morgan fingerprint density at radius 3 is 2.02 bits per heavy atom. The number of benzene rings is 4. The van der Waals surface area contributed by atoms with Crippen LogP contribution in [0.4, 0.5) is 4.79 Å². The molecule has 2 N–H and O–H groups in total. The van der Waals surface area contributed by atoms with Gasteiger partial charge in [-0.05, 0) is 52.1 Å². The van der Waals surface area contributed by atoms with E-state index in [1.54, 1.807) is 32.4 Å². The van der Waals surface area contributed by atoms with Crippen molar-refractivity contribution in [1.29, 1.82) is 0 Å². The van der Waals surface area contributed by atoms with Gasteiger partial charge in [-0.1, -0.05) is 60.7 Å². The molecule has 0 aliphatic heterocycles. The highest BCUT2D eigenvalue weighted by Gasteiger charge is 2.30. The number of carbonyl (C=O) groups excluding carboxylic acids is 2. The van der Waals surface area contributed by atoms with E-state index in [1.165, 1.54) is 6.92 Å². The first-order valence-electron chi connectivity index (χ1n) is 13.6. The third-order valence-electron chi connectivity index (χ3n) is 7.21. The lowest BCUT2D eigenvalue weighted by Crippen LogP contribution is -2.35. The standard InChI is InChI=1S/C34H33N2O6/c1-21(37)35-22(2)42-24-15-13-23(14-16-24)33(30-18-17-25(39-3)19-32(30)40-4)36-34(38)41-20-31-28-11-7-5-9-26(28)27-10-6-8-12-29(27)31/h5-19,22,31,33H,2,20H2,1,3-4H3,(H,35,37)(H,36,38). The van der Waals surface area contributed by atoms with E-state index in [9.17, 15) is 9.59 Å². The van der Waals surface area contributed by atoms with Gasteiger partial charge < -0.3 is 29.6 Å². The highest BCUT2D eigenvalue weighted by Crippen LogP contribution is 2.44. The Bertz CT molecular complexity index is 1520. The average molecular weight is 566 g/mol. The fourth-order valence-corrected chi connectivity index (χ4v) is 5.31. The van der Waals surface area contributed by atoms with Crippen LogP contribution in [0.1, 0.15) is 41.1 Å². The van der Waals surface area contributed by atoms with Gasteiger partial charge in [0.05, 0.1) is 20.3 Å². The minimum Gasteiger partial charge on any atom is -0.497 e. The number of carbonyl (C=O) groups is 2. The van der Waals surface area contributed by atoms with Crippen molar-refractivity contribution in [2.45, 2.75) is 25.1 Å². The van der Waals surface area contributed by atoms with E-state index in [-0.39, 0.29) is 18.4 Å². The van der Waals surface area contributed by atoms with Crippen LogP contribution in [0.3, 0.4) is 0 Å². The maximum atomic E-state index is 13.3. The molecular formula is C34H33N2O6. The predicted octanol–water partition coefficient (Wildman–Crippen LogP) is 6.01. The van der Waals surface area contributed by atoms with Crippen LogP contribution in [0.5, 0.6) is 17.2 Å². The highest BCUT2D eigenvalue weighted by atomic mass is 16.5. The van der Waals surface area contributed by atoms with Crippen molar-refractivity contribution in [3.8, 4) is 28.4 Å². The summed E-state index contributed by atoms with van der Waals surface area (Å²) in [7, 11) is 3.15. The lowest BCUT2D eigenvalue weighted by molar-refractivity contribution is -0.120. The molecular weight excluding hydrogens is 532 g/mol. The lowest BCUT2D eigenvalue weighted by Gasteiger charge is -2.23. The van der Waals surface area contributed by atoms with Gasteiger partial charge in [0.2, 0.25) is 5.91 Å². The molecule has 4 aromatic rings. The average Bonchev–Trinajstić information content (AvgIpc) is 3.32. The van der Waals surface area contributed by atoms with Crippen LogP contribution in [0, 0.1) is 6.92 Å². The van der Waals surface area contributed by atoms with E-state index in [2.05, 4.69) is 41.8 Å². The first-order chi connectivity index (χ1) is 20.4. The first kappa shape index (κ1) is 28.5. The number of hydrogen-bond acceptors (Lipinski definition) is 6. The second-order valence-electron chi connectivity index (χ2n) is 9.89. The van der Waals surface area contributed by atoms with Crippen molar-refractivity contribution in [2.24, 2.45) is 0 Å². The zero-order chi connectivity index (χ0) is 29.6. The van der Waals surface area contributed by atoms with Crippen molar-refractivity contribution in [1.82, 2.24) is 10.6 Å². The molecule has 0 bridgehead atoms. The second-order valence-corrected chi connectivity index (χ2v) is 9.89. The number of hydrogen-bond donors (Lipinski definition) is 2. The molecule has 0 saturated carbocycles. The summed E-state index contributed by atoms with van der Waals surface area (Å²) < 4.78 is 22.6. The zero-order valence-corrected chi connectivity index (χ0v) is 23.8. The molecule has 8 nitrogen and oxygen atoms in total. The molecule has 8 heteroatoms. The highest BCUT2D eigenvalue weighted by molar-refractivity contribution is 5.79. The molecule has 1 radical (unpaired) electrons. The van der Waals surface area contributed by atoms with Crippen molar-refractivity contribution >= 4 is 12.0 Å². The molecule has 0 spiro atoms. The molecule has 1 aliphatic carbocycles. The van der Waals surface area contributed by atoms with Crippen LogP contribution >= 0.6 is 0 Å². The molecule has 2 amide bonds. The van der Waals surface area contributed by atoms with Crippen molar-refractivity contribution in [3.05, 3.63) is 120 Å². The molecule has 4 aromatic carbocycles. The minimum atomic E-state index is -0.746. The van der Waals surface area contributed by atoms with Gasteiger partial charge in [0.1, 0.15) is 23.9 Å². The Balaban J connectivity index is 1.38. The minimum absolute atomic E-state index is 0.0623. The molecule has 42 heavy (non-hydrogen) atoms. The number of fused-ring (bicyclic) bond motifs is 3. The maximum absolute atomic E-state index is 13.3. The Morgan fingerprint density at radius 1 is 0.810 bits per heavy atom. The third kappa shape index (κ3) is 6.17. The summed E-state index contributed by atoms with van der Waals surface area (Å²) >= 11 is 0. The normalized spacial score (nSPS) is 13.2. The fraction of sp³-hybridized carbons (Fsp3) is 0.206. The molecule has 215 valence electrons. The Hall–Kier alpha value is -4.98. The molecule has 2 atom stereocenters. The van der Waals surface area contributed by atoms with E-state index < -0.39 is 18.4 Å².